The predicted molar refractivity (Wildman–Crippen MR) is 84.1 cm³/mol. The second-order valence-electron chi connectivity index (χ2n) is 5.48. The van der Waals surface area contributed by atoms with E-state index in [0.29, 0.717) is 0 Å². The van der Waals surface area contributed by atoms with Crippen LogP contribution in [0.15, 0.2) is 54.6 Å². The van der Waals surface area contributed by atoms with E-state index in [2.05, 4.69) is 0 Å². The first-order chi connectivity index (χ1) is 10.7. The number of hydrogen-bond acceptors (Lipinski definition) is 3. The highest BCUT2D eigenvalue weighted by Gasteiger charge is 2.29. The molecule has 1 fully saturated rings. The molecule has 0 bridgehead atoms. The third kappa shape index (κ3) is 3.28. The van der Waals surface area contributed by atoms with Crippen molar-refractivity contribution in [3.8, 4) is 11.5 Å². The largest absolute Gasteiger partial charge is 0.480 e. The molecule has 22 heavy (non-hydrogen) atoms. The van der Waals surface area contributed by atoms with Crippen LogP contribution in [0.25, 0.3) is 0 Å². The van der Waals surface area contributed by atoms with Gasteiger partial charge in [0.2, 0.25) is 0 Å². The summed E-state index contributed by atoms with van der Waals surface area (Å²) in [6.45, 7) is 0.890. The zero-order valence-electron chi connectivity index (χ0n) is 12.3. The highest BCUT2D eigenvalue weighted by molar-refractivity contribution is 5.69. The van der Waals surface area contributed by atoms with Crippen LogP contribution in [0.3, 0.4) is 0 Å². The molecule has 1 saturated heterocycles. The summed E-state index contributed by atoms with van der Waals surface area (Å²) in [5.41, 5.74) is 1.06. The molecule has 1 N–H and O–H groups in total. The highest BCUT2D eigenvalue weighted by atomic mass is 16.5. The van der Waals surface area contributed by atoms with E-state index in [1.807, 2.05) is 59.5 Å². The van der Waals surface area contributed by atoms with Crippen molar-refractivity contribution in [3.63, 3.8) is 0 Å². The van der Waals surface area contributed by atoms with Crippen LogP contribution in [-0.2, 0) is 4.79 Å². The minimum absolute atomic E-state index is 0.0737. The van der Waals surface area contributed by atoms with Gasteiger partial charge in [-0.1, -0.05) is 36.4 Å². The summed E-state index contributed by atoms with van der Waals surface area (Å²) >= 11 is 0. The van der Waals surface area contributed by atoms with Crippen molar-refractivity contribution in [2.75, 3.05) is 13.1 Å². The number of aliphatic carboxylic acids is 1. The van der Waals surface area contributed by atoms with Crippen LogP contribution in [0.4, 0.5) is 0 Å². The Bertz CT molecular complexity index is 642. The summed E-state index contributed by atoms with van der Waals surface area (Å²) in [5, 5.41) is 9.07. The van der Waals surface area contributed by atoms with Gasteiger partial charge in [0.1, 0.15) is 11.5 Å². The average molecular weight is 297 g/mol. The lowest BCUT2D eigenvalue weighted by Crippen LogP contribution is -2.29. The first kappa shape index (κ1) is 14.6. The maximum absolute atomic E-state index is 11.0. The lowest BCUT2D eigenvalue weighted by molar-refractivity contribution is -0.138. The molecule has 0 saturated carbocycles. The first-order valence-corrected chi connectivity index (χ1v) is 7.52. The third-order valence-corrected chi connectivity index (χ3v) is 3.95. The molecule has 4 heteroatoms. The maximum Gasteiger partial charge on any atom is 0.317 e. The van der Waals surface area contributed by atoms with E-state index in [4.69, 9.17) is 9.84 Å². The zero-order valence-corrected chi connectivity index (χ0v) is 12.3. The zero-order chi connectivity index (χ0) is 15.4. The number of hydrogen-bond donors (Lipinski definition) is 1. The van der Waals surface area contributed by atoms with Gasteiger partial charge in [0, 0.05) is 11.6 Å². The third-order valence-electron chi connectivity index (χ3n) is 3.95. The predicted octanol–water partition coefficient (Wildman–Crippen LogP) is 3.70. The Balaban J connectivity index is 1.86. The van der Waals surface area contributed by atoms with Gasteiger partial charge in [0.25, 0.3) is 0 Å². The number of rotatable bonds is 5. The molecule has 1 heterocycles. The SMILES string of the molecule is O=C(O)CN1CCCC1c1ccccc1Oc1ccccc1. The summed E-state index contributed by atoms with van der Waals surface area (Å²) in [7, 11) is 0. The van der Waals surface area contributed by atoms with E-state index >= 15 is 0 Å². The molecule has 1 aliphatic heterocycles. The Hall–Kier alpha value is -2.33. The Morgan fingerprint density at radius 3 is 2.64 bits per heavy atom. The number of carbonyl (C=O) groups is 1. The lowest BCUT2D eigenvalue weighted by Gasteiger charge is -2.24. The van der Waals surface area contributed by atoms with E-state index in [9.17, 15) is 4.79 Å². The number of carboxylic acid groups (broad SMARTS) is 1. The van der Waals surface area contributed by atoms with Crippen LogP contribution in [0, 0.1) is 0 Å². The van der Waals surface area contributed by atoms with Gasteiger partial charge in [-0.25, -0.2) is 0 Å². The van der Waals surface area contributed by atoms with E-state index in [1.165, 1.54) is 0 Å². The van der Waals surface area contributed by atoms with Crippen LogP contribution in [0.5, 0.6) is 11.5 Å². The van der Waals surface area contributed by atoms with E-state index in [0.717, 1.165) is 36.4 Å². The minimum atomic E-state index is -0.784. The van der Waals surface area contributed by atoms with E-state index < -0.39 is 5.97 Å². The van der Waals surface area contributed by atoms with Gasteiger partial charge in [-0.3, -0.25) is 9.69 Å². The fourth-order valence-corrected chi connectivity index (χ4v) is 3.01. The number of ether oxygens (including phenoxy) is 1. The van der Waals surface area contributed by atoms with Gasteiger partial charge in [0.15, 0.2) is 0 Å². The summed E-state index contributed by atoms with van der Waals surface area (Å²) in [4.78, 5) is 13.0. The van der Waals surface area contributed by atoms with Crippen LogP contribution in [0.1, 0.15) is 24.4 Å². The van der Waals surface area contributed by atoms with E-state index in [1.54, 1.807) is 0 Å². The topological polar surface area (TPSA) is 49.8 Å². The molecule has 2 aromatic carbocycles. The quantitative estimate of drug-likeness (QED) is 0.914. The van der Waals surface area contributed by atoms with Crippen molar-refractivity contribution in [1.82, 2.24) is 4.90 Å². The first-order valence-electron chi connectivity index (χ1n) is 7.52. The second kappa shape index (κ2) is 6.62. The fourth-order valence-electron chi connectivity index (χ4n) is 3.01. The number of para-hydroxylation sites is 2. The van der Waals surface area contributed by atoms with Crippen LogP contribution >= 0.6 is 0 Å². The number of carboxylic acids is 1. The van der Waals surface area contributed by atoms with Crippen molar-refractivity contribution in [1.29, 1.82) is 0 Å². The lowest BCUT2D eigenvalue weighted by atomic mass is 10.0. The smallest absolute Gasteiger partial charge is 0.317 e. The Kier molecular flexibility index (Phi) is 4.39. The molecule has 114 valence electrons. The molecule has 0 aromatic heterocycles. The summed E-state index contributed by atoms with van der Waals surface area (Å²) in [6, 6.07) is 17.7. The van der Waals surface area contributed by atoms with Crippen molar-refractivity contribution in [2.45, 2.75) is 18.9 Å². The molecule has 0 spiro atoms. The molecular weight excluding hydrogens is 278 g/mol. The van der Waals surface area contributed by atoms with Crippen LogP contribution in [-0.4, -0.2) is 29.1 Å². The Labute approximate surface area is 130 Å². The molecule has 4 nitrogen and oxygen atoms in total. The van der Waals surface area contributed by atoms with Crippen molar-refractivity contribution in [3.05, 3.63) is 60.2 Å². The Morgan fingerprint density at radius 1 is 1.14 bits per heavy atom. The normalized spacial score (nSPS) is 18.3. The number of benzene rings is 2. The van der Waals surface area contributed by atoms with Crippen molar-refractivity contribution >= 4 is 5.97 Å². The fraction of sp³-hybridized carbons (Fsp3) is 0.278. The van der Waals surface area contributed by atoms with Gasteiger partial charge in [-0.05, 0) is 37.6 Å². The Morgan fingerprint density at radius 2 is 1.86 bits per heavy atom. The molecule has 2 aromatic rings. The van der Waals surface area contributed by atoms with Crippen molar-refractivity contribution < 1.29 is 14.6 Å². The summed E-state index contributed by atoms with van der Waals surface area (Å²) < 4.78 is 6.00. The maximum atomic E-state index is 11.0. The standard InChI is InChI=1S/C18H19NO3/c20-18(21)13-19-12-6-10-16(19)15-9-4-5-11-17(15)22-14-7-2-1-3-8-14/h1-5,7-9,11,16H,6,10,12-13H2,(H,20,21). The summed E-state index contributed by atoms with van der Waals surface area (Å²) in [5.74, 6) is 0.807. The molecular formula is C18H19NO3. The molecule has 1 atom stereocenters. The number of nitrogens with zero attached hydrogens (tertiary/aromatic N) is 1. The molecule has 0 amide bonds. The van der Waals surface area contributed by atoms with Crippen LogP contribution < -0.4 is 4.74 Å². The van der Waals surface area contributed by atoms with Gasteiger partial charge < -0.3 is 9.84 Å². The van der Waals surface area contributed by atoms with Gasteiger partial charge in [-0.15, -0.1) is 0 Å². The van der Waals surface area contributed by atoms with Crippen LogP contribution in [0.2, 0.25) is 0 Å². The van der Waals surface area contributed by atoms with Crippen molar-refractivity contribution in [2.24, 2.45) is 0 Å². The molecule has 0 radical (unpaired) electrons. The molecule has 3 rings (SSSR count). The average Bonchev–Trinajstić information content (AvgIpc) is 2.96. The van der Waals surface area contributed by atoms with Gasteiger partial charge in [0.05, 0.1) is 6.54 Å². The van der Waals surface area contributed by atoms with E-state index in [-0.39, 0.29) is 12.6 Å². The summed E-state index contributed by atoms with van der Waals surface area (Å²) in [6.07, 6.45) is 1.97. The molecule has 1 unspecified atom stereocenters. The minimum Gasteiger partial charge on any atom is -0.480 e. The van der Waals surface area contributed by atoms with Gasteiger partial charge in [-0.2, -0.15) is 0 Å². The van der Waals surface area contributed by atoms with Gasteiger partial charge >= 0.3 is 5.97 Å². The highest BCUT2D eigenvalue weighted by Crippen LogP contribution is 2.38. The molecule has 1 aliphatic rings. The monoisotopic (exact) mass is 297 g/mol. The molecule has 0 aliphatic carbocycles. The second-order valence-corrected chi connectivity index (χ2v) is 5.48. The number of likely N-dealkylation sites (tertiary alicyclic amines) is 1.